The van der Waals surface area contributed by atoms with Gasteiger partial charge in [-0.1, -0.05) is 32.6 Å². The van der Waals surface area contributed by atoms with Crippen molar-refractivity contribution in [1.29, 1.82) is 5.26 Å². The molecule has 1 aliphatic rings. The van der Waals surface area contributed by atoms with Crippen molar-refractivity contribution in [2.75, 3.05) is 24.5 Å². The zero-order valence-corrected chi connectivity index (χ0v) is 24.3. The number of benzene rings is 2. The third-order valence-electron chi connectivity index (χ3n) is 8.03. The quantitative estimate of drug-likeness (QED) is 0.241. The molecule has 0 N–H and O–H groups in total. The van der Waals surface area contributed by atoms with Crippen LogP contribution in [-0.2, 0) is 4.79 Å². The van der Waals surface area contributed by atoms with Gasteiger partial charge in [0.15, 0.2) is 11.5 Å². The van der Waals surface area contributed by atoms with Gasteiger partial charge in [-0.15, -0.1) is 0 Å². The molecule has 4 heterocycles. The summed E-state index contributed by atoms with van der Waals surface area (Å²) in [4.78, 5) is 38.8. The highest BCUT2D eigenvalue weighted by Crippen LogP contribution is 2.37. The van der Waals surface area contributed by atoms with E-state index in [0.29, 0.717) is 30.6 Å². The summed E-state index contributed by atoms with van der Waals surface area (Å²) in [6.45, 7) is 10.2. The molecular formula is C33H28F2N6O3. The highest BCUT2D eigenvalue weighted by Gasteiger charge is 2.31. The van der Waals surface area contributed by atoms with E-state index in [4.69, 9.17) is 4.42 Å². The van der Waals surface area contributed by atoms with Gasteiger partial charge < -0.3 is 14.2 Å². The van der Waals surface area contributed by atoms with E-state index in [2.05, 4.69) is 22.6 Å². The molecule has 1 saturated heterocycles. The summed E-state index contributed by atoms with van der Waals surface area (Å²) in [5.41, 5.74) is -0.0184. The molecule has 222 valence electrons. The van der Waals surface area contributed by atoms with E-state index in [0.717, 1.165) is 0 Å². The lowest BCUT2D eigenvalue weighted by Gasteiger charge is -2.40. The Labute approximate surface area is 251 Å². The van der Waals surface area contributed by atoms with Crippen molar-refractivity contribution in [1.82, 2.24) is 19.4 Å². The molecule has 1 atom stereocenters. The monoisotopic (exact) mass is 594 g/mol. The van der Waals surface area contributed by atoms with Crippen LogP contribution in [0.5, 0.6) is 0 Å². The van der Waals surface area contributed by atoms with Crippen LogP contribution in [0, 0.1) is 23.0 Å². The molecule has 9 nitrogen and oxygen atoms in total. The molecule has 6 rings (SSSR count). The number of anilines is 1. The Balaban J connectivity index is 1.69. The van der Waals surface area contributed by atoms with Crippen molar-refractivity contribution < 1.29 is 18.0 Å². The second kappa shape index (κ2) is 11.0. The van der Waals surface area contributed by atoms with E-state index in [1.54, 1.807) is 29.2 Å². The molecule has 1 amide bonds. The SMILES string of the molecule is C=CC(=O)N1CCN(c2nc(=O)n(-c3c(C#N)cccc3C(C)C)c3nc(-c4c(F)ccc5ccoc45)c(F)cc23)[C@@H](C)C1. The number of carbonyl (C=O) groups excluding carboxylic acids is 1. The number of aromatic nitrogens is 3. The Hall–Kier alpha value is -5.37. The summed E-state index contributed by atoms with van der Waals surface area (Å²) >= 11 is 0. The van der Waals surface area contributed by atoms with Crippen LogP contribution in [0.3, 0.4) is 0 Å². The second-order valence-electron chi connectivity index (χ2n) is 11.0. The number of para-hydroxylation sites is 1. The van der Waals surface area contributed by atoms with Gasteiger partial charge in [0.25, 0.3) is 0 Å². The van der Waals surface area contributed by atoms with E-state index < -0.39 is 17.3 Å². The van der Waals surface area contributed by atoms with Gasteiger partial charge in [-0.3, -0.25) is 4.79 Å². The second-order valence-corrected chi connectivity index (χ2v) is 11.0. The average molecular weight is 595 g/mol. The van der Waals surface area contributed by atoms with Crippen LogP contribution in [0.4, 0.5) is 14.6 Å². The first-order chi connectivity index (χ1) is 21.1. The molecule has 0 unspecified atom stereocenters. The highest BCUT2D eigenvalue weighted by molar-refractivity contribution is 5.96. The summed E-state index contributed by atoms with van der Waals surface area (Å²) in [6, 6.07) is 12.5. The van der Waals surface area contributed by atoms with Crippen molar-refractivity contribution >= 4 is 33.7 Å². The number of piperazine rings is 1. The van der Waals surface area contributed by atoms with Gasteiger partial charge in [-0.2, -0.15) is 10.2 Å². The first-order valence-electron chi connectivity index (χ1n) is 14.1. The van der Waals surface area contributed by atoms with Crippen LogP contribution < -0.4 is 10.6 Å². The zero-order valence-electron chi connectivity index (χ0n) is 24.3. The molecule has 44 heavy (non-hydrogen) atoms. The van der Waals surface area contributed by atoms with Crippen LogP contribution in [0.2, 0.25) is 0 Å². The summed E-state index contributed by atoms with van der Waals surface area (Å²) in [5, 5.41) is 10.8. The van der Waals surface area contributed by atoms with Gasteiger partial charge >= 0.3 is 5.69 Å². The molecule has 0 radical (unpaired) electrons. The van der Waals surface area contributed by atoms with Crippen molar-refractivity contribution in [2.45, 2.75) is 32.7 Å². The number of rotatable bonds is 5. The molecule has 1 aliphatic heterocycles. The predicted molar refractivity (Wildman–Crippen MR) is 163 cm³/mol. The van der Waals surface area contributed by atoms with E-state index in [-0.39, 0.29) is 62.8 Å². The van der Waals surface area contributed by atoms with Crippen LogP contribution in [0.15, 0.2) is 70.6 Å². The van der Waals surface area contributed by atoms with Gasteiger partial charge in [0, 0.05) is 31.1 Å². The molecule has 1 fully saturated rings. The van der Waals surface area contributed by atoms with E-state index in [1.807, 2.05) is 25.7 Å². The molecule has 5 aromatic rings. The number of nitriles is 1. The summed E-state index contributed by atoms with van der Waals surface area (Å²) in [5.74, 6) is -1.75. The number of hydrogen-bond donors (Lipinski definition) is 0. The van der Waals surface area contributed by atoms with E-state index in [1.165, 1.54) is 35.1 Å². The zero-order chi connectivity index (χ0) is 31.3. The van der Waals surface area contributed by atoms with Gasteiger partial charge in [0.05, 0.1) is 28.5 Å². The third kappa shape index (κ3) is 4.59. The van der Waals surface area contributed by atoms with Crippen LogP contribution in [-0.4, -0.2) is 51.0 Å². The van der Waals surface area contributed by atoms with Crippen molar-refractivity contribution in [3.05, 3.63) is 94.6 Å². The first kappa shape index (κ1) is 28.7. The lowest BCUT2D eigenvalue weighted by Crippen LogP contribution is -2.54. The fourth-order valence-electron chi connectivity index (χ4n) is 5.90. The van der Waals surface area contributed by atoms with Gasteiger partial charge in [-0.05, 0) is 54.8 Å². The third-order valence-corrected chi connectivity index (χ3v) is 8.03. The largest absolute Gasteiger partial charge is 0.464 e. The number of carbonyl (C=O) groups is 1. The maximum absolute atomic E-state index is 16.1. The van der Waals surface area contributed by atoms with Gasteiger partial charge in [0.2, 0.25) is 5.91 Å². The molecule has 11 heteroatoms. The summed E-state index contributed by atoms with van der Waals surface area (Å²) in [7, 11) is 0. The van der Waals surface area contributed by atoms with Gasteiger partial charge in [0.1, 0.15) is 29.0 Å². The highest BCUT2D eigenvalue weighted by atomic mass is 19.1. The van der Waals surface area contributed by atoms with Crippen LogP contribution in [0.1, 0.15) is 37.8 Å². The molecule has 2 aromatic carbocycles. The standard InChI is InChI=1S/C33H28F2N6O3/c1-5-26(42)39-12-13-40(19(4)17-39)31-23-15-25(35)28(27-24(34)10-9-20-11-14-44-30(20)27)37-32(23)41(33(43)38-31)29-21(16-36)7-6-8-22(29)18(2)3/h5-11,14-15,18-19H,1,12-13,17H2,2-4H3/t19-/m0/s1. The van der Waals surface area contributed by atoms with Crippen molar-refractivity contribution in [3.8, 4) is 23.0 Å². The number of amides is 1. The molecule has 0 spiro atoms. The fourth-order valence-corrected chi connectivity index (χ4v) is 5.90. The molecule has 0 aliphatic carbocycles. The summed E-state index contributed by atoms with van der Waals surface area (Å²) < 4.78 is 38.3. The minimum absolute atomic E-state index is 0.000701. The number of halogens is 2. The van der Waals surface area contributed by atoms with Crippen molar-refractivity contribution in [3.63, 3.8) is 0 Å². The van der Waals surface area contributed by atoms with E-state index >= 15 is 8.78 Å². The number of furan rings is 1. The fraction of sp³-hybridized carbons (Fsp3) is 0.242. The predicted octanol–water partition coefficient (Wildman–Crippen LogP) is 5.69. The van der Waals surface area contributed by atoms with E-state index in [9.17, 15) is 14.9 Å². The topological polar surface area (TPSA) is 108 Å². The molecular weight excluding hydrogens is 566 g/mol. The number of hydrogen-bond acceptors (Lipinski definition) is 7. The summed E-state index contributed by atoms with van der Waals surface area (Å²) in [6.07, 6.45) is 2.62. The normalized spacial score (nSPS) is 15.2. The maximum Gasteiger partial charge on any atom is 0.355 e. The Morgan fingerprint density at radius 2 is 1.95 bits per heavy atom. The van der Waals surface area contributed by atoms with Crippen molar-refractivity contribution in [2.24, 2.45) is 0 Å². The van der Waals surface area contributed by atoms with Crippen LogP contribution >= 0.6 is 0 Å². The molecule has 3 aromatic heterocycles. The molecule has 0 bridgehead atoms. The van der Waals surface area contributed by atoms with Crippen LogP contribution in [0.25, 0.3) is 38.9 Å². The Morgan fingerprint density at radius 3 is 2.66 bits per heavy atom. The lowest BCUT2D eigenvalue weighted by atomic mass is 9.97. The Morgan fingerprint density at radius 1 is 1.16 bits per heavy atom. The molecule has 0 saturated carbocycles. The number of pyridine rings is 1. The number of nitrogens with zero attached hydrogens (tertiary/aromatic N) is 6. The Bertz CT molecular complexity index is 2080. The Kier molecular flexibility index (Phi) is 7.21. The first-order valence-corrected chi connectivity index (χ1v) is 14.1. The number of fused-ring (bicyclic) bond motifs is 2. The minimum atomic E-state index is -0.848. The lowest BCUT2D eigenvalue weighted by molar-refractivity contribution is -0.126. The van der Waals surface area contributed by atoms with Gasteiger partial charge in [-0.25, -0.2) is 23.1 Å². The average Bonchev–Trinajstić information content (AvgIpc) is 3.49. The maximum atomic E-state index is 16.1. The smallest absolute Gasteiger partial charge is 0.355 e. The minimum Gasteiger partial charge on any atom is -0.464 e.